The molecule has 0 radical (unpaired) electrons. The number of aliphatic carboxylic acids is 1. The minimum atomic E-state index is -3.10. The van der Waals surface area contributed by atoms with Gasteiger partial charge in [-0.3, -0.25) is 4.79 Å². The van der Waals surface area contributed by atoms with E-state index in [4.69, 9.17) is 9.84 Å². The third kappa shape index (κ3) is 6.70. The highest BCUT2D eigenvalue weighted by Gasteiger charge is 2.34. The lowest BCUT2D eigenvalue weighted by Gasteiger charge is -2.21. The lowest BCUT2D eigenvalue weighted by molar-refractivity contribution is -0.135. The van der Waals surface area contributed by atoms with Crippen molar-refractivity contribution in [1.29, 1.82) is 0 Å². The van der Waals surface area contributed by atoms with Crippen molar-refractivity contribution in [2.75, 3.05) is 13.1 Å². The van der Waals surface area contributed by atoms with Gasteiger partial charge in [-0.25, -0.2) is 0 Å². The first-order valence-electron chi connectivity index (χ1n) is 12.7. The van der Waals surface area contributed by atoms with E-state index in [0.29, 0.717) is 31.1 Å². The molecule has 0 amide bonds. The molecule has 1 atom stereocenters. The molecular weight excluding hydrogens is 460 g/mol. The average Bonchev–Trinajstić information content (AvgIpc) is 3.44. The van der Waals surface area contributed by atoms with Gasteiger partial charge in [0.2, 0.25) is 0 Å². The minimum absolute atomic E-state index is 0.00561. The maximum Gasteiger partial charge on any atom is 0.317 e. The van der Waals surface area contributed by atoms with E-state index in [1.165, 1.54) is 25.0 Å². The summed E-state index contributed by atoms with van der Waals surface area (Å²) in [6, 6.07) is 22.6. The molecule has 1 aliphatic rings. The number of benzene rings is 3. The largest absolute Gasteiger partial charge is 0.486 e. The van der Waals surface area contributed by atoms with Crippen LogP contribution in [0.1, 0.15) is 72.8 Å². The molecule has 1 fully saturated rings. The molecule has 0 aromatic heterocycles. The number of carboxylic acids is 1. The van der Waals surface area contributed by atoms with Crippen LogP contribution in [0.3, 0.4) is 0 Å². The molecule has 1 aliphatic carbocycles. The van der Waals surface area contributed by atoms with Crippen LogP contribution < -0.4 is 10.1 Å². The number of hydrogen-bond donors (Lipinski definition) is 2. The predicted octanol–water partition coefficient (Wildman–Crippen LogP) is 7.06. The first kappa shape index (κ1) is 25.8. The first-order chi connectivity index (χ1) is 17.4. The van der Waals surface area contributed by atoms with Crippen molar-refractivity contribution in [2.45, 2.75) is 56.5 Å². The highest BCUT2D eigenvalue weighted by atomic mass is 19.3. The van der Waals surface area contributed by atoms with Gasteiger partial charge < -0.3 is 15.2 Å². The molecule has 2 N–H and O–H groups in total. The number of rotatable bonds is 12. The van der Waals surface area contributed by atoms with Crippen LogP contribution in [0, 0.1) is 0 Å². The Kier molecular flexibility index (Phi) is 8.70. The van der Waals surface area contributed by atoms with Crippen LogP contribution in [0.4, 0.5) is 8.78 Å². The molecule has 0 bridgehead atoms. The second-order valence-corrected chi connectivity index (χ2v) is 9.43. The van der Waals surface area contributed by atoms with E-state index in [2.05, 4.69) is 5.32 Å². The number of carbonyl (C=O) groups is 1. The van der Waals surface area contributed by atoms with Crippen molar-refractivity contribution in [3.05, 3.63) is 101 Å². The molecule has 1 unspecified atom stereocenters. The van der Waals surface area contributed by atoms with Crippen molar-refractivity contribution in [3.8, 4) is 5.75 Å². The van der Waals surface area contributed by atoms with Crippen LogP contribution in [0.2, 0.25) is 0 Å². The van der Waals surface area contributed by atoms with Gasteiger partial charge in [0.1, 0.15) is 11.9 Å². The van der Waals surface area contributed by atoms with Crippen molar-refractivity contribution in [3.63, 3.8) is 0 Å². The van der Waals surface area contributed by atoms with Gasteiger partial charge in [0, 0.05) is 11.1 Å². The van der Waals surface area contributed by atoms with Crippen LogP contribution in [-0.2, 0) is 10.7 Å². The van der Waals surface area contributed by atoms with E-state index in [1.54, 1.807) is 24.3 Å². The normalized spacial score (nSPS) is 15.1. The third-order valence-corrected chi connectivity index (χ3v) is 6.86. The lowest BCUT2D eigenvalue weighted by Crippen LogP contribution is -2.24. The molecule has 36 heavy (non-hydrogen) atoms. The van der Waals surface area contributed by atoms with Gasteiger partial charge >= 0.3 is 5.97 Å². The maximum atomic E-state index is 15.3. The number of ether oxygens (including phenoxy) is 1. The van der Waals surface area contributed by atoms with E-state index in [-0.39, 0.29) is 23.8 Å². The van der Waals surface area contributed by atoms with Crippen molar-refractivity contribution in [1.82, 2.24) is 5.32 Å². The Labute approximate surface area is 211 Å². The highest BCUT2D eigenvalue weighted by Crippen LogP contribution is 2.39. The van der Waals surface area contributed by atoms with Gasteiger partial charge in [0.15, 0.2) is 0 Å². The van der Waals surface area contributed by atoms with Crippen molar-refractivity contribution in [2.24, 2.45) is 0 Å². The number of hydrogen-bond acceptors (Lipinski definition) is 3. The molecule has 3 aromatic rings. The summed E-state index contributed by atoms with van der Waals surface area (Å²) < 4.78 is 36.7. The molecule has 190 valence electrons. The van der Waals surface area contributed by atoms with Crippen LogP contribution in [0.25, 0.3) is 0 Å². The van der Waals surface area contributed by atoms with Gasteiger partial charge in [-0.05, 0) is 73.5 Å². The summed E-state index contributed by atoms with van der Waals surface area (Å²) in [6.07, 6.45) is 5.79. The average molecular weight is 494 g/mol. The van der Waals surface area contributed by atoms with E-state index in [0.717, 1.165) is 24.0 Å². The maximum absolute atomic E-state index is 15.3. The third-order valence-electron chi connectivity index (χ3n) is 6.86. The molecule has 4 nitrogen and oxygen atoms in total. The van der Waals surface area contributed by atoms with E-state index in [9.17, 15) is 4.79 Å². The van der Waals surface area contributed by atoms with Crippen LogP contribution in [0.5, 0.6) is 5.75 Å². The number of halogens is 2. The minimum Gasteiger partial charge on any atom is -0.486 e. The Morgan fingerprint density at radius 3 is 2.17 bits per heavy atom. The van der Waals surface area contributed by atoms with Gasteiger partial charge in [-0.1, -0.05) is 67.4 Å². The van der Waals surface area contributed by atoms with Crippen LogP contribution >= 0.6 is 0 Å². The number of nitrogens with one attached hydrogen (secondary N) is 1. The zero-order chi connectivity index (χ0) is 25.4. The molecule has 1 saturated carbocycles. The Bertz CT molecular complexity index is 1100. The van der Waals surface area contributed by atoms with Crippen molar-refractivity contribution >= 4 is 5.97 Å². The van der Waals surface area contributed by atoms with Crippen LogP contribution in [0.15, 0.2) is 78.9 Å². The van der Waals surface area contributed by atoms with E-state index in [1.807, 2.05) is 42.5 Å². The molecule has 0 saturated heterocycles. The fourth-order valence-corrected chi connectivity index (χ4v) is 4.87. The topological polar surface area (TPSA) is 58.6 Å². The zero-order valence-electron chi connectivity index (χ0n) is 20.3. The summed E-state index contributed by atoms with van der Waals surface area (Å²) in [7, 11) is 0. The zero-order valence-corrected chi connectivity index (χ0v) is 20.3. The first-order valence-corrected chi connectivity index (χ1v) is 12.7. The Morgan fingerprint density at radius 1 is 0.944 bits per heavy atom. The summed E-state index contributed by atoms with van der Waals surface area (Å²) >= 11 is 0. The standard InChI is InChI=1S/C30H33F2NO3/c31-30(32,25-14-12-23(13-15-25)22-7-4-5-8-22)26-16-18-27(19-17-26)36-28(24-9-2-1-3-10-24)11-6-20-33-21-29(34)35/h1-3,9-10,12-19,22,28,33H,4-8,11,20-21H2,(H,34,35). The summed E-state index contributed by atoms with van der Waals surface area (Å²) in [6.45, 7) is 0.458. The molecular formula is C30H33F2NO3. The lowest BCUT2D eigenvalue weighted by atomic mass is 9.94. The number of alkyl halides is 2. The highest BCUT2D eigenvalue weighted by molar-refractivity contribution is 5.68. The quantitative estimate of drug-likeness (QED) is 0.265. The second kappa shape index (κ2) is 12.1. The predicted molar refractivity (Wildman–Crippen MR) is 137 cm³/mol. The fourth-order valence-electron chi connectivity index (χ4n) is 4.87. The summed E-state index contributed by atoms with van der Waals surface area (Å²) in [4.78, 5) is 10.7. The molecule has 6 heteroatoms. The van der Waals surface area contributed by atoms with E-state index >= 15 is 8.78 Å². The fraction of sp³-hybridized carbons (Fsp3) is 0.367. The van der Waals surface area contributed by atoms with E-state index < -0.39 is 11.9 Å². The van der Waals surface area contributed by atoms with Gasteiger partial charge in [0.25, 0.3) is 5.92 Å². The van der Waals surface area contributed by atoms with Crippen LogP contribution in [-0.4, -0.2) is 24.2 Å². The molecule has 4 rings (SSSR count). The summed E-state index contributed by atoms with van der Waals surface area (Å²) in [5.74, 6) is -2.98. The Hall–Kier alpha value is -3.25. The van der Waals surface area contributed by atoms with Gasteiger partial charge in [-0.2, -0.15) is 8.78 Å². The SMILES string of the molecule is O=C(O)CNCCCC(Oc1ccc(C(F)(F)c2ccc(C3CCCC3)cc2)cc1)c1ccccc1. The number of carboxylic acid groups (broad SMARTS) is 1. The summed E-state index contributed by atoms with van der Waals surface area (Å²) in [5.41, 5.74) is 2.06. The second-order valence-electron chi connectivity index (χ2n) is 9.43. The molecule has 0 spiro atoms. The smallest absolute Gasteiger partial charge is 0.317 e. The molecule has 0 heterocycles. The molecule has 3 aromatic carbocycles. The monoisotopic (exact) mass is 493 g/mol. The summed E-state index contributed by atoms with van der Waals surface area (Å²) in [5, 5.41) is 11.6. The van der Waals surface area contributed by atoms with Crippen molar-refractivity contribution < 1.29 is 23.4 Å². The Morgan fingerprint density at radius 2 is 1.56 bits per heavy atom. The van der Waals surface area contributed by atoms with Gasteiger partial charge in [0.05, 0.1) is 6.54 Å². The van der Waals surface area contributed by atoms with Gasteiger partial charge in [-0.15, -0.1) is 0 Å². The Balaban J connectivity index is 1.42. The molecule has 0 aliphatic heterocycles.